The maximum atomic E-state index is 12.7. The van der Waals surface area contributed by atoms with Crippen molar-refractivity contribution < 1.29 is 9.53 Å². The van der Waals surface area contributed by atoms with E-state index in [1.165, 1.54) is 5.56 Å². The van der Waals surface area contributed by atoms with E-state index in [0.717, 1.165) is 43.2 Å². The number of carbonyl (C=O) groups excluding carboxylic acids is 1. The lowest BCUT2D eigenvalue weighted by Crippen LogP contribution is -2.49. The molecule has 0 saturated carbocycles. The van der Waals surface area contributed by atoms with E-state index in [-0.39, 0.29) is 12.0 Å². The van der Waals surface area contributed by atoms with E-state index in [2.05, 4.69) is 24.0 Å². The van der Waals surface area contributed by atoms with E-state index >= 15 is 0 Å². The molecule has 1 heterocycles. The van der Waals surface area contributed by atoms with Crippen LogP contribution in [-0.2, 0) is 11.2 Å². The normalized spacial score (nSPS) is 14.6. The summed E-state index contributed by atoms with van der Waals surface area (Å²) in [7, 11) is 0. The molecule has 3 rings (SSSR count). The van der Waals surface area contributed by atoms with Crippen LogP contribution in [0.4, 0.5) is 5.69 Å². The first-order valence-electron chi connectivity index (χ1n) is 9.37. The molecule has 0 aromatic heterocycles. The lowest BCUT2D eigenvalue weighted by atomic mass is 10.1. The summed E-state index contributed by atoms with van der Waals surface area (Å²) < 4.78 is 5.94. The van der Waals surface area contributed by atoms with E-state index in [1.54, 1.807) is 0 Å². The lowest BCUT2D eigenvalue weighted by molar-refractivity contribution is -0.130. The molecule has 26 heavy (non-hydrogen) atoms. The molecule has 0 aliphatic carbocycles. The quantitative estimate of drug-likeness (QED) is 0.823. The second-order valence-electron chi connectivity index (χ2n) is 7.11. The molecule has 0 atom stereocenters. The molecule has 0 bridgehead atoms. The maximum absolute atomic E-state index is 12.7. The zero-order valence-electron chi connectivity index (χ0n) is 15.9. The third-order valence-corrected chi connectivity index (χ3v) is 4.80. The minimum absolute atomic E-state index is 0.146. The molecule has 4 nitrogen and oxygen atoms in total. The van der Waals surface area contributed by atoms with Crippen molar-refractivity contribution in [3.63, 3.8) is 0 Å². The zero-order chi connectivity index (χ0) is 18.5. The average Bonchev–Trinajstić information content (AvgIpc) is 2.64. The monoisotopic (exact) mass is 352 g/mol. The Morgan fingerprint density at radius 3 is 2.35 bits per heavy atom. The number of benzene rings is 2. The van der Waals surface area contributed by atoms with Gasteiger partial charge in [0.1, 0.15) is 5.75 Å². The summed E-state index contributed by atoms with van der Waals surface area (Å²) >= 11 is 0. The second-order valence-corrected chi connectivity index (χ2v) is 7.11. The number of para-hydroxylation sites is 2. The van der Waals surface area contributed by atoms with Crippen LogP contribution in [0.25, 0.3) is 0 Å². The Labute approximate surface area is 156 Å². The van der Waals surface area contributed by atoms with Gasteiger partial charge in [-0.05, 0) is 44.0 Å². The topological polar surface area (TPSA) is 32.8 Å². The summed E-state index contributed by atoms with van der Waals surface area (Å²) in [6.07, 6.45) is 0.632. The van der Waals surface area contributed by atoms with Gasteiger partial charge in [-0.15, -0.1) is 0 Å². The SMILES string of the molecule is Cc1ccccc1CC(=O)N1CCN(c2ccccc2OC(C)C)CC1. The number of anilines is 1. The third-order valence-electron chi connectivity index (χ3n) is 4.80. The Kier molecular flexibility index (Phi) is 5.82. The third kappa shape index (κ3) is 4.37. The van der Waals surface area contributed by atoms with Gasteiger partial charge in [-0.25, -0.2) is 0 Å². The van der Waals surface area contributed by atoms with Crippen LogP contribution < -0.4 is 9.64 Å². The van der Waals surface area contributed by atoms with Crippen molar-refractivity contribution in [3.05, 3.63) is 59.7 Å². The van der Waals surface area contributed by atoms with E-state index in [4.69, 9.17) is 4.74 Å². The summed E-state index contributed by atoms with van der Waals surface area (Å²) in [5.41, 5.74) is 3.42. The molecule has 2 aromatic carbocycles. The van der Waals surface area contributed by atoms with E-state index < -0.39 is 0 Å². The van der Waals surface area contributed by atoms with Crippen LogP contribution in [0.15, 0.2) is 48.5 Å². The number of hydrogen-bond donors (Lipinski definition) is 0. The Morgan fingerprint density at radius 1 is 1.00 bits per heavy atom. The molecule has 1 aliphatic rings. The number of amides is 1. The minimum atomic E-state index is 0.146. The van der Waals surface area contributed by atoms with Crippen molar-refractivity contribution in [1.29, 1.82) is 0 Å². The standard InChI is InChI=1S/C22H28N2O2/c1-17(2)26-21-11-7-6-10-20(21)23-12-14-24(15-13-23)22(25)16-19-9-5-4-8-18(19)3/h4-11,17H,12-16H2,1-3H3. The Morgan fingerprint density at radius 2 is 1.65 bits per heavy atom. The number of carbonyl (C=O) groups is 1. The van der Waals surface area contributed by atoms with Crippen molar-refractivity contribution in [3.8, 4) is 5.75 Å². The Balaban J connectivity index is 1.61. The van der Waals surface area contributed by atoms with E-state index in [0.29, 0.717) is 6.42 Å². The molecule has 2 aromatic rings. The van der Waals surface area contributed by atoms with Gasteiger partial charge < -0.3 is 14.5 Å². The minimum Gasteiger partial charge on any atom is -0.489 e. The lowest BCUT2D eigenvalue weighted by Gasteiger charge is -2.37. The first-order valence-corrected chi connectivity index (χ1v) is 9.37. The fourth-order valence-corrected chi connectivity index (χ4v) is 3.35. The molecule has 1 aliphatic heterocycles. The summed E-state index contributed by atoms with van der Waals surface area (Å²) in [5.74, 6) is 1.13. The molecule has 1 amide bonds. The van der Waals surface area contributed by atoms with Crippen molar-refractivity contribution in [1.82, 2.24) is 4.90 Å². The van der Waals surface area contributed by atoms with Crippen molar-refractivity contribution in [2.24, 2.45) is 0 Å². The highest BCUT2D eigenvalue weighted by Crippen LogP contribution is 2.29. The van der Waals surface area contributed by atoms with Gasteiger partial charge in [-0.3, -0.25) is 4.79 Å². The van der Waals surface area contributed by atoms with Crippen molar-refractivity contribution in [2.45, 2.75) is 33.3 Å². The van der Waals surface area contributed by atoms with E-state index in [1.807, 2.05) is 55.1 Å². The number of nitrogens with zero attached hydrogens (tertiary/aromatic N) is 2. The molecule has 138 valence electrons. The first-order chi connectivity index (χ1) is 12.5. The number of hydrogen-bond acceptors (Lipinski definition) is 3. The number of aryl methyl sites for hydroxylation is 1. The molecule has 0 spiro atoms. The molecular formula is C22H28N2O2. The summed E-state index contributed by atoms with van der Waals surface area (Å²) in [5, 5.41) is 0. The molecule has 0 unspecified atom stereocenters. The second kappa shape index (κ2) is 8.26. The smallest absolute Gasteiger partial charge is 0.227 e. The van der Waals surface area contributed by atoms with Gasteiger partial charge >= 0.3 is 0 Å². The van der Waals surface area contributed by atoms with Gasteiger partial charge in [0.2, 0.25) is 5.91 Å². The molecule has 4 heteroatoms. The number of piperazine rings is 1. The summed E-state index contributed by atoms with van der Waals surface area (Å²) in [4.78, 5) is 17.0. The maximum Gasteiger partial charge on any atom is 0.227 e. The van der Waals surface area contributed by atoms with Crippen LogP contribution in [0.5, 0.6) is 5.75 Å². The zero-order valence-corrected chi connectivity index (χ0v) is 15.9. The fraction of sp³-hybridized carbons (Fsp3) is 0.409. The summed E-state index contributed by atoms with van der Waals surface area (Å²) in [6.45, 7) is 9.31. The average molecular weight is 352 g/mol. The van der Waals surface area contributed by atoms with Gasteiger partial charge in [-0.2, -0.15) is 0 Å². The molecular weight excluding hydrogens is 324 g/mol. The molecule has 0 radical (unpaired) electrons. The van der Waals surface area contributed by atoms with Gasteiger partial charge in [0.25, 0.3) is 0 Å². The van der Waals surface area contributed by atoms with Crippen LogP contribution >= 0.6 is 0 Å². The highest BCUT2D eigenvalue weighted by Gasteiger charge is 2.23. The Bertz CT molecular complexity index is 749. The van der Waals surface area contributed by atoms with Crippen LogP contribution in [0, 0.1) is 6.92 Å². The van der Waals surface area contributed by atoms with Crippen LogP contribution in [0.2, 0.25) is 0 Å². The van der Waals surface area contributed by atoms with Crippen molar-refractivity contribution >= 4 is 11.6 Å². The highest BCUT2D eigenvalue weighted by atomic mass is 16.5. The van der Waals surface area contributed by atoms with Gasteiger partial charge in [0.05, 0.1) is 18.2 Å². The van der Waals surface area contributed by atoms with Crippen LogP contribution in [0.1, 0.15) is 25.0 Å². The molecule has 1 saturated heterocycles. The highest BCUT2D eigenvalue weighted by molar-refractivity contribution is 5.79. The number of rotatable bonds is 5. The predicted molar refractivity (Wildman–Crippen MR) is 106 cm³/mol. The van der Waals surface area contributed by atoms with Gasteiger partial charge in [0.15, 0.2) is 0 Å². The van der Waals surface area contributed by atoms with Gasteiger partial charge in [0, 0.05) is 26.2 Å². The van der Waals surface area contributed by atoms with Gasteiger partial charge in [-0.1, -0.05) is 36.4 Å². The summed E-state index contributed by atoms with van der Waals surface area (Å²) in [6, 6.07) is 16.3. The van der Waals surface area contributed by atoms with Crippen LogP contribution in [-0.4, -0.2) is 43.1 Å². The molecule has 0 N–H and O–H groups in total. The first kappa shape index (κ1) is 18.3. The Hall–Kier alpha value is -2.49. The number of ether oxygens (including phenoxy) is 1. The fourth-order valence-electron chi connectivity index (χ4n) is 3.35. The van der Waals surface area contributed by atoms with Crippen LogP contribution in [0.3, 0.4) is 0 Å². The largest absolute Gasteiger partial charge is 0.489 e. The van der Waals surface area contributed by atoms with E-state index in [9.17, 15) is 4.79 Å². The van der Waals surface area contributed by atoms with Crippen molar-refractivity contribution in [2.75, 3.05) is 31.1 Å². The predicted octanol–water partition coefficient (Wildman–Crippen LogP) is 3.67. The molecule has 1 fully saturated rings.